The lowest BCUT2D eigenvalue weighted by molar-refractivity contribution is 0.0947. The molecule has 1 aromatic carbocycles. The van der Waals surface area contributed by atoms with Crippen LogP contribution in [0.1, 0.15) is 16.1 Å². The number of aryl methyl sites for hydroxylation is 2. The highest BCUT2D eigenvalue weighted by Crippen LogP contribution is 2.17. The number of carbonyl (C=O) groups is 1. The number of fused-ring (bicyclic) bond motifs is 1. The molecule has 0 saturated heterocycles. The first-order valence-electron chi connectivity index (χ1n) is 6.54. The topological polar surface area (TPSA) is 90.8 Å². The number of hydrogen-bond donors (Lipinski definition) is 2. The Morgan fingerprint density at radius 3 is 2.76 bits per heavy atom. The lowest BCUT2D eigenvalue weighted by Gasteiger charge is -2.03. The molecule has 21 heavy (non-hydrogen) atoms. The number of para-hydroxylation sites is 1. The molecule has 0 atom stereocenters. The normalized spacial score (nSPS) is 11.0. The molecule has 0 aliphatic rings. The summed E-state index contributed by atoms with van der Waals surface area (Å²) < 4.78 is 3.26. The van der Waals surface area contributed by atoms with E-state index in [1.165, 1.54) is 0 Å². The summed E-state index contributed by atoms with van der Waals surface area (Å²) in [6.45, 7) is 0.323. The van der Waals surface area contributed by atoms with Crippen LogP contribution in [-0.2, 0) is 20.6 Å². The molecule has 3 N–H and O–H groups in total. The van der Waals surface area contributed by atoms with E-state index in [1.54, 1.807) is 22.6 Å². The largest absolute Gasteiger partial charge is 0.384 e. The van der Waals surface area contributed by atoms with E-state index < -0.39 is 0 Å². The Labute approximate surface area is 121 Å². The SMILES string of the molecule is Cn1ncc(CNC(=O)c2nn(C)c3ccccc23)c1N. The molecule has 0 spiro atoms. The summed E-state index contributed by atoms with van der Waals surface area (Å²) in [4.78, 5) is 12.3. The van der Waals surface area contributed by atoms with E-state index in [2.05, 4.69) is 15.5 Å². The lowest BCUT2D eigenvalue weighted by Crippen LogP contribution is -2.24. The highest BCUT2D eigenvalue weighted by molar-refractivity contribution is 6.04. The number of amides is 1. The van der Waals surface area contributed by atoms with Crippen molar-refractivity contribution in [3.63, 3.8) is 0 Å². The van der Waals surface area contributed by atoms with Gasteiger partial charge in [0.1, 0.15) is 5.82 Å². The van der Waals surface area contributed by atoms with Crippen LogP contribution < -0.4 is 11.1 Å². The molecule has 2 aromatic heterocycles. The van der Waals surface area contributed by atoms with Crippen LogP contribution in [0.15, 0.2) is 30.5 Å². The third-order valence-electron chi connectivity index (χ3n) is 3.48. The van der Waals surface area contributed by atoms with Gasteiger partial charge in [-0.1, -0.05) is 18.2 Å². The summed E-state index contributed by atoms with van der Waals surface area (Å²) in [5.74, 6) is 0.316. The van der Waals surface area contributed by atoms with Crippen LogP contribution in [0.25, 0.3) is 10.9 Å². The number of anilines is 1. The zero-order valence-electron chi connectivity index (χ0n) is 11.9. The monoisotopic (exact) mass is 284 g/mol. The number of aromatic nitrogens is 4. The molecule has 0 bridgehead atoms. The molecule has 3 aromatic rings. The average Bonchev–Trinajstić information content (AvgIpc) is 2.99. The molecule has 3 rings (SSSR count). The Kier molecular flexibility index (Phi) is 3.09. The van der Waals surface area contributed by atoms with Crippen LogP contribution in [0, 0.1) is 0 Å². The predicted octanol–water partition coefficient (Wildman–Crippen LogP) is 0.819. The fourth-order valence-corrected chi connectivity index (χ4v) is 2.27. The van der Waals surface area contributed by atoms with E-state index in [4.69, 9.17) is 5.73 Å². The van der Waals surface area contributed by atoms with Gasteiger partial charge < -0.3 is 11.1 Å². The van der Waals surface area contributed by atoms with Crippen LogP contribution in [0.5, 0.6) is 0 Å². The molecular formula is C14H16N6O. The molecule has 7 nitrogen and oxygen atoms in total. The quantitative estimate of drug-likeness (QED) is 0.745. The Morgan fingerprint density at radius 2 is 2.05 bits per heavy atom. The molecule has 0 aliphatic carbocycles. The summed E-state index contributed by atoms with van der Waals surface area (Å²) in [7, 11) is 3.57. The van der Waals surface area contributed by atoms with E-state index in [-0.39, 0.29) is 5.91 Å². The fraction of sp³-hybridized carbons (Fsp3) is 0.214. The second-order valence-corrected chi connectivity index (χ2v) is 4.85. The molecule has 0 aliphatic heterocycles. The van der Waals surface area contributed by atoms with Crippen molar-refractivity contribution < 1.29 is 4.79 Å². The summed E-state index contributed by atoms with van der Waals surface area (Å²) in [6, 6.07) is 7.62. The van der Waals surface area contributed by atoms with Crippen molar-refractivity contribution in [1.82, 2.24) is 24.9 Å². The van der Waals surface area contributed by atoms with Crippen molar-refractivity contribution in [3.05, 3.63) is 41.7 Å². The van der Waals surface area contributed by atoms with E-state index in [9.17, 15) is 4.79 Å². The van der Waals surface area contributed by atoms with Gasteiger partial charge in [-0.05, 0) is 6.07 Å². The van der Waals surface area contributed by atoms with Gasteiger partial charge in [-0.3, -0.25) is 14.2 Å². The first-order chi connectivity index (χ1) is 10.1. The fourth-order valence-electron chi connectivity index (χ4n) is 2.27. The Hall–Kier alpha value is -2.83. The van der Waals surface area contributed by atoms with Crippen molar-refractivity contribution in [3.8, 4) is 0 Å². The highest BCUT2D eigenvalue weighted by atomic mass is 16.1. The number of nitrogen functional groups attached to an aromatic ring is 1. The van der Waals surface area contributed by atoms with E-state index >= 15 is 0 Å². The van der Waals surface area contributed by atoms with Crippen LogP contribution >= 0.6 is 0 Å². The van der Waals surface area contributed by atoms with Gasteiger partial charge in [-0.2, -0.15) is 10.2 Å². The standard InChI is InChI=1S/C14H16N6O/c1-19-11-6-4-3-5-10(11)12(18-19)14(21)16-7-9-8-17-20(2)13(9)15/h3-6,8H,7,15H2,1-2H3,(H,16,21). The zero-order valence-corrected chi connectivity index (χ0v) is 11.9. The maximum atomic E-state index is 12.3. The molecule has 0 radical (unpaired) electrons. The minimum absolute atomic E-state index is 0.227. The molecule has 0 unspecified atom stereocenters. The van der Waals surface area contributed by atoms with Gasteiger partial charge in [0.25, 0.3) is 5.91 Å². The second-order valence-electron chi connectivity index (χ2n) is 4.85. The Bertz CT molecular complexity index is 816. The van der Waals surface area contributed by atoms with Gasteiger partial charge >= 0.3 is 0 Å². The van der Waals surface area contributed by atoms with Crippen LogP contribution in [0.3, 0.4) is 0 Å². The Morgan fingerprint density at radius 1 is 1.29 bits per heavy atom. The third-order valence-corrected chi connectivity index (χ3v) is 3.48. The molecule has 108 valence electrons. The molecule has 7 heteroatoms. The van der Waals surface area contributed by atoms with Gasteiger partial charge in [0.15, 0.2) is 5.69 Å². The smallest absolute Gasteiger partial charge is 0.272 e. The van der Waals surface area contributed by atoms with E-state index in [1.807, 2.05) is 31.3 Å². The van der Waals surface area contributed by atoms with Crippen molar-refractivity contribution >= 4 is 22.6 Å². The van der Waals surface area contributed by atoms with Crippen molar-refractivity contribution in [2.45, 2.75) is 6.54 Å². The number of nitrogens with one attached hydrogen (secondary N) is 1. The molecule has 0 fully saturated rings. The van der Waals surface area contributed by atoms with Gasteiger partial charge in [0.05, 0.1) is 11.7 Å². The van der Waals surface area contributed by atoms with Gasteiger partial charge in [-0.25, -0.2) is 0 Å². The van der Waals surface area contributed by atoms with E-state index in [0.717, 1.165) is 16.5 Å². The summed E-state index contributed by atoms with van der Waals surface area (Å²) in [5, 5.41) is 12.0. The minimum atomic E-state index is -0.227. The average molecular weight is 284 g/mol. The van der Waals surface area contributed by atoms with Crippen LogP contribution in [0.4, 0.5) is 5.82 Å². The number of hydrogen-bond acceptors (Lipinski definition) is 4. The van der Waals surface area contributed by atoms with Gasteiger partial charge in [0.2, 0.25) is 0 Å². The van der Waals surface area contributed by atoms with Crippen LogP contribution in [-0.4, -0.2) is 25.5 Å². The zero-order chi connectivity index (χ0) is 15.0. The van der Waals surface area contributed by atoms with E-state index in [0.29, 0.717) is 18.1 Å². The molecule has 0 saturated carbocycles. The molecule has 2 heterocycles. The second kappa shape index (κ2) is 4.93. The number of carbonyl (C=O) groups excluding carboxylic acids is 1. The molecular weight excluding hydrogens is 268 g/mol. The number of nitrogens with zero attached hydrogens (tertiary/aromatic N) is 4. The number of rotatable bonds is 3. The number of benzene rings is 1. The third kappa shape index (κ3) is 2.22. The van der Waals surface area contributed by atoms with Crippen LogP contribution in [0.2, 0.25) is 0 Å². The predicted molar refractivity (Wildman–Crippen MR) is 79.5 cm³/mol. The summed E-state index contributed by atoms with van der Waals surface area (Å²) >= 11 is 0. The number of nitrogens with two attached hydrogens (primary N) is 1. The summed E-state index contributed by atoms with van der Waals surface area (Å²) in [5.41, 5.74) is 7.97. The molecule has 1 amide bonds. The van der Waals surface area contributed by atoms with Crippen molar-refractivity contribution in [2.24, 2.45) is 14.1 Å². The maximum absolute atomic E-state index is 12.3. The Balaban J connectivity index is 1.83. The van der Waals surface area contributed by atoms with Crippen molar-refractivity contribution in [1.29, 1.82) is 0 Å². The highest BCUT2D eigenvalue weighted by Gasteiger charge is 2.16. The van der Waals surface area contributed by atoms with Gasteiger partial charge in [-0.15, -0.1) is 0 Å². The van der Waals surface area contributed by atoms with Crippen molar-refractivity contribution in [2.75, 3.05) is 5.73 Å². The van der Waals surface area contributed by atoms with Gasteiger partial charge in [0, 0.05) is 31.6 Å². The first kappa shape index (κ1) is 13.2. The minimum Gasteiger partial charge on any atom is -0.384 e. The maximum Gasteiger partial charge on any atom is 0.272 e. The lowest BCUT2D eigenvalue weighted by atomic mass is 10.2. The first-order valence-corrected chi connectivity index (χ1v) is 6.54. The summed E-state index contributed by atoms with van der Waals surface area (Å²) in [6.07, 6.45) is 1.64.